The molecule has 1 atom stereocenters. The summed E-state index contributed by atoms with van der Waals surface area (Å²) in [4.78, 5) is 31.3. The molecular weight excluding hydrogens is 448 g/mol. The molecule has 4 aromatic rings. The molecule has 14 heteroatoms. The number of aliphatic imine (C=N–C) groups is 1. The van der Waals surface area contributed by atoms with E-state index in [1.54, 1.807) is 31.3 Å². The second-order valence-corrected chi connectivity index (χ2v) is 7.00. The number of aromatic nitrogens is 6. The van der Waals surface area contributed by atoms with Crippen LogP contribution in [0.2, 0.25) is 0 Å². The van der Waals surface area contributed by atoms with Gasteiger partial charge in [-0.15, -0.1) is 0 Å². The van der Waals surface area contributed by atoms with Crippen LogP contribution in [0.1, 0.15) is 22.8 Å². The van der Waals surface area contributed by atoms with Crippen LogP contribution in [-0.2, 0) is 0 Å². The summed E-state index contributed by atoms with van der Waals surface area (Å²) < 4.78 is 0. The summed E-state index contributed by atoms with van der Waals surface area (Å²) in [5.41, 5.74) is -0.630. The minimum absolute atomic E-state index is 0.0400. The van der Waals surface area contributed by atoms with Crippen molar-refractivity contribution in [3.8, 4) is 36.4 Å². The lowest BCUT2D eigenvalue weighted by Gasteiger charge is -2.30. The van der Waals surface area contributed by atoms with Gasteiger partial charge in [0, 0.05) is 7.05 Å². The Morgan fingerprint density at radius 3 is 1.60 bits per heavy atom. The van der Waals surface area contributed by atoms with Gasteiger partial charge >= 0.3 is 0 Å². The van der Waals surface area contributed by atoms with Gasteiger partial charge in [0.25, 0.3) is 0 Å². The average molecular weight is 452 g/mol. The highest BCUT2D eigenvalue weighted by atomic mass is 15.2. The summed E-state index contributed by atoms with van der Waals surface area (Å²) in [5, 5.41) is 56.8. The quantitative estimate of drug-likeness (QED) is 0.267. The van der Waals surface area contributed by atoms with E-state index in [1.807, 2.05) is 12.1 Å². The van der Waals surface area contributed by atoms with Gasteiger partial charge in [-0.2, -0.15) is 31.6 Å². The minimum Gasteiger partial charge on any atom is -0.350 e. The van der Waals surface area contributed by atoms with Crippen molar-refractivity contribution in [3.63, 3.8) is 0 Å². The van der Waals surface area contributed by atoms with Crippen molar-refractivity contribution in [2.45, 2.75) is 6.04 Å². The first-order valence-corrected chi connectivity index (χ1v) is 9.48. The Labute approximate surface area is 194 Å². The Morgan fingerprint density at radius 2 is 1.09 bits per heavy atom. The zero-order valence-corrected chi connectivity index (χ0v) is 17.3. The molecule has 1 aromatic carbocycles. The third-order valence-electron chi connectivity index (χ3n) is 5.20. The fourth-order valence-corrected chi connectivity index (χ4v) is 3.69. The maximum atomic E-state index is 9.67. The summed E-state index contributed by atoms with van der Waals surface area (Å²) in [7, 11) is 1.54. The first-order valence-electron chi connectivity index (χ1n) is 9.48. The molecule has 0 aliphatic carbocycles. The third-order valence-corrected chi connectivity index (χ3v) is 5.20. The molecule has 0 bridgehead atoms. The molecule has 0 radical (unpaired) electrons. The molecule has 1 aliphatic heterocycles. The van der Waals surface area contributed by atoms with Crippen LogP contribution in [0.5, 0.6) is 0 Å². The number of anilines is 1. The maximum absolute atomic E-state index is 9.67. The van der Waals surface area contributed by atoms with Crippen LogP contribution in [-0.4, -0.2) is 48.7 Å². The van der Waals surface area contributed by atoms with E-state index in [0.717, 1.165) is 0 Å². The molecule has 4 heterocycles. The molecule has 1 unspecified atom stereocenters. The lowest BCUT2D eigenvalue weighted by atomic mass is 10.0. The van der Waals surface area contributed by atoms with Gasteiger partial charge in [0.2, 0.25) is 0 Å². The molecule has 1 aliphatic rings. The molecule has 35 heavy (non-hydrogen) atoms. The number of rotatable bonds is 0. The Kier molecular flexibility index (Phi) is 4.32. The standard InChI is InChI=1S/C21H4N14/c1-35-13(7-27)12(6-26)30-17-15-14(28-8(2-22)9(3-23)29-15)16-18(19(17)35)34-21-20(33-16)31-10(4-24)11(5-25)32-21/h13H,1H3. The molecule has 0 saturated heterocycles. The van der Waals surface area contributed by atoms with Crippen molar-refractivity contribution in [1.29, 1.82) is 31.6 Å². The summed E-state index contributed by atoms with van der Waals surface area (Å²) in [5.74, 6) is 0. The SMILES string of the molecule is CN1c2c(c3nc(C#N)c(C#N)nc3c3nc4nc(C#N)c(C#N)nc4nc23)N=C(C#N)C1C#N. The minimum atomic E-state index is -1.06. The highest BCUT2D eigenvalue weighted by molar-refractivity contribution is 6.20. The Morgan fingerprint density at radius 1 is 0.600 bits per heavy atom. The van der Waals surface area contributed by atoms with E-state index in [9.17, 15) is 31.6 Å². The Hall–Kier alpha value is -6.35. The highest BCUT2D eigenvalue weighted by Gasteiger charge is 2.33. The molecule has 158 valence electrons. The van der Waals surface area contributed by atoms with E-state index in [1.165, 1.54) is 4.90 Å². The molecule has 0 amide bonds. The van der Waals surface area contributed by atoms with Crippen LogP contribution in [0.15, 0.2) is 4.99 Å². The van der Waals surface area contributed by atoms with Crippen molar-refractivity contribution >= 4 is 50.4 Å². The fourth-order valence-electron chi connectivity index (χ4n) is 3.69. The topological polar surface area (TPSA) is 236 Å². The van der Waals surface area contributed by atoms with Gasteiger partial charge in [-0.3, -0.25) is 0 Å². The van der Waals surface area contributed by atoms with Crippen LogP contribution in [0, 0.1) is 68.0 Å². The van der Waals surface area contributed by atoms with Crippen molar-refractivity contribution in [2.75, 3.05) is 11.9 Å². The lowest BCUT2D eigenvalue weighted by molar-refractivity contribution is 0.930. The van der Waals surface area contributed by atoms with E-state index >= 15 is 0 Å². The monoisotopic (exact) mass is 452 g/mol. The second kappa shape index (κ2) is 7.36. The fraction of sp³-hybridized carbons (Fsp3) is 0.0952. The van der Waals surface area contributed by atoms with Crippen LogP contribution in [0.4, 0.5) is 11.4 Å². The molecule has 0 N–H and O–H groups in total. The average Bonchev–Trinajstić information content (AvgIpc) is 2.89. The molecule has 3 aromatic heterocycles. The summed E-state index contributed by atoms with van der Waals surface area (Å²) >= 11 is 0. The van der Waals surface area contributed by atoms with E-state index in [-0.39, 0.29) is 73.2 Å². The van der Waals surface area contributed by atoms with Gasteiger partial charge in [-0.1, -0.05) is 0 Å². The van der Waals surface area contributed by atoms with E-state index in [2.05, 4.69) is 34.9 Å². The third kappa shape index (κ3) is 2.73. The lowest BCUT2D eigenvalue weighted by Crippen LogP contribution is -2.39. The van der Waals surface area contributed by atoms with Crippen LogP contribution in [0.3, 0.4) is 0 Å². The van der Waals surface area contributed by atoms with Crippen LogP contribution >= 0.6 is 0 Å². The summed E-state index contributed by atoms with van der Waals surface area (Å²) in [6.07, 6.45) is 0. The Bertz CT molecular complexity index is 1950. The van der Waals surface area contributed by atoms with Gasteiger partial charge < -0.3 is 4.90 Å². The first kappa shape index (κ1) is 20.5. The van der Waals surface area contributed by atoms with E-state index < -0.39 is 6.04 Å². The molecular formula is C21H4N14. The maximum Gasteiger partial charge on any atom is 0.199 e. The van der Waals surface area contributed by atoms with Crippen molar-refractivity contribution < 1.29 is 0 Å². The smallest absolute Gasteiger partial charge is 0.199 e. The molecule has 5 rings (SSSR count). The number of fused-ring (bicyclic) bond motifs is 7. The number of nitrogens with zero attached hydrogens (tertiary/aromatic N) is 14. The number of hydrogen-bond donors (Lipinski definition) is 0. The zero-order chi connectivity index (χ0) is 24.9. The predicted octanol–water partition coefficient (Wildman–Crippen LogP) is 0.941. The molecule has 0 fully saturated rings. The zero-order valence-electron chi connectivity index (χ0n) is 17.3. The van der Waals surface area contributed by atoms with Crippen molar-refractivity contribution in [1.82, 2.24) is 29.9 Å². The normalized spacial score (nSPS) is 14.1. The predicted molar refractivity (Wildman–Crippen MR) is 115 cm³/mol. The van der Waals surface area contributed by atoms with Gasteiger partial charge in [0.05, 0.1) is 11.8 Å². The van der Waals surface area contributed by atoms with E-state index in [0.29, 0.717) is 0 Å². The van der Waals surface area contributed by atoms with Gasteiger partial charge in [-0.05, 0) is 0 Å². The van der Waals surface area contributed by atoms with Crippen LogP contribution < -0.4 is 4.90 Å². The van der Waals surface area contributed by atoms with Crippen molar-refractivity contribution in [2.24, 2.45) is 4.99 Å². The highest BCUT2D eigenvalue weighted by Crippen LogP contribution is 2.44. The van der Waals surface area contributed by atoms with Gasteiger partial charge in [0.1, 0.15) is 58.1 Å². The summed E-state index contributed by atoms with van der Waals surface area (Å²) in [6.45, 7) is 0. The summed E-state index contributed by atoms with van der Waals surface area (Å²) in [6, 6.07) is 10.0. The molecule has 14 nitrogen and oxygen atoms in total. The molecule has 0 saturated carbocycles. The number of hydrogen-bond acceptors (Lipinski definition) is 14. The number of benzene rings is 1. The van der Waals surface area contributed by atoms with E-state index in [4.69, 9.17) is 0 Å². The van der Waals surface area contributed by atoms with Crippen LogP contribution in [0.25, 0.3) is 33.4 Å². The largest absolute Gasteiger partial charge is 0.350 e. The second-order valence-electron chi connectivity index (χ2n) is 7.00. The number of nitriles is 6. The Balaban J connectivity index is 2.07. The first-order chi connectivity index (χ1) is 17.0. The molecule has 0 spiro atoms. The van der Waals surface area contributed by atoms with Crippen molar-refractivity contribution in [3.05, 3.63) is 22.8 Å². The van der Waals surface area contributed by atoms with Gasteiger partial charge in [0.15, 0.2) is 45.8 Å². The van der Waals surface area contributed by atoms with Gasteiger partial charge in [-0.25, -0.2) is 34.9 Å².